The van der Waals surface area contributed by atoms with Gasteiger partial charge in [0.1, 0.15) is 39.3 Å². The molecular formula is C27H23F2N5O5S. The van der Waals surface area contributed by atoms with Gasteiger partial charge in [0.05, 0.1) is 19.0 Å². The van der Waals surface area contributed by atoms with E-state index in [0.717, 1.165) is 11.3 Å². The second-order valence-electron chi connectivity index (χ2n) is 8.70. The molecule has 5 rings (SSSR count). The van der Waals surface area contributed by atoms with E-state index in [4.69, 9.17) is 19.6 Å². The van der Waals surface area contributed by atoms with E-state index in [0.29, 0.717) is 39.5 Å². The molecular weight excluding hydrogens is 544 g/mol. The van der Waals surface area contributed by atoms with Crippen LogP contribution < -0.4 is 20.5 Å². The van der Waals surface area contributed by atoms with E-state index in [2.05, 4.69) is 15.4 Å². The van der Waals surface area contributed by atoms with Gasteiger partial charge in [-0.2, -0.15) is 5.10 Å². The van der Waals surface area contributed by atoms with Crippen molar-refractivity contribution in [2.45, 2.75) is 20.0 Å². The van der Waals surface area contributed by atoms with E-state index < -0.39 is 23.9 Å². The molecule has 0 fully saturated rings. The van der Waals surface area contributed by atoms with Crippen molar-refractivity contribution in [2.75, 3.05) is 12.4 Å². The Balaban J connectivity index is 1.48. The van der Waals surface area contributed by atoms with Gasteiger partial charge >= 0.3 is 0 Å². The van der Waals surface area contributed by atoms with E-state index >= 15 is 0 Å². The SMILES string of the molecule is COc1ccc(OCc2ccc(C(=O)Nc3c(C(N)=O)sc4nc(C(F)F)cc(-c5cnn(C)c5C)c34)o2)cc1. The summed E-state index contributed by atoms with van der Waals surface area (Å²) < 4.78 is 45.5. The van der Waals surface area contributed by atoms with Crippen molar-refractivity contribution in [3.8, 4) is 22.6 Å². The first kappa shape index (κ1) is 26.8. The summed E-state index contributed by atoms with van der Waals surface area (Å²) in [5.41, 5.74) is 6.74. The second-order valence-corrected chi connectivity index (χ2v) is 9.70. The third kappa shape index (κ3) is 5.10. The van der Waals surface area contributed by atoms with Crippen LogP contribution in [0.15, 0.2) is 53.1 Å². The number of pyridine rings is 1. The number of carbonyl (C=O) groups excluding carboxylic acids is 2. The van der Waals surface area contributed by atoms with Gasteiger partial charge in [-0.05, 0) is 55.0 Å². The van der Waals surface area contributed by atoms with Crippen molar-refractivity contribution in [1.82, 2.24) is 14.8 Å². The average molecular weight is 568 g/mol. The van der Waals surface area contributed by atoms with Crippen LogP contribution >= 0.6 is 11.3 Å². The van der Waals surface area contributed by atoms with Crippen molar-refractivity contribution < 1.29 is 32.3 Å². The zero-order chi connectivity index (χ0) is 28.6. The highest BCUT2D eigenvalue weighted by atomic mass is 32.1. The van der Waals surface area contributed by atoms with Crippen molar-refractivity contribution in [2.24, 2.45) is 12.8 Å². The molecule has 2 amide bonds. The van der Waals surface area contributed by atoms with Crippen LogP contribution in [0.5, 0.6) is 11.5 Å². The monoisotopic (exact) mass is 567 g/mol. The lowest BCUT2D eigenvalue weighted by Crippen LogP contribution is -2.16. The molecule has 0 atom stereocenters. The third-order valence-corrected chi connectivity index (χ3v) is 7.32. The van der Waals surface area contributed by atoms with Crippen LogP contribution in [0.2, 0.25) is 0 Å². The molecule has 206 valence electrons. The first-order chi connectivity index (χ1) is 19.2. The maximum absolute atomic E-state index is 13.7. The Morgan fingerprint density at radius 1 is 1.15 bits per heavy atom. The van der Waals surface area contributed by atoms with Gasteiger partial charge in [-0.25, -0.2) is 13.8 Å². The first-order valence-electron chi connectivity index (χ1n) is 11.9. The number of primary amides is 1. The number of amides is 2. The molecule has 40 heavy (non-hydrogen) atoms. The second kappa shape index (κ2) is 10.8. The van der Waals surface area contributed by atoms with Crippen LogP contribution in [0.3, 0.4) is 0 Å². The molecule has 4 heterocycles. The summed E-state index contributed by atoms with van der Waals surface area (Å²) in [6.07, 6.45) is -1.34. The van der Waals surface area contributed by atoms with E-state index in [1.807, 2.05) is 0 Å². The van der Waals surface area contributed by atoms with Crippen molar-refractivity contribution in [3.63, 3.8) is 0 Å². The highest BCUT2D eigenvalue weighted by molar-refractivity contribution is 7.21. The predicted octanol–water partition coefficient (Wildman–Crippen LogP) is 5.47. The first-order valence-corrected chi connectivity index (χ1v) is 12.7. The summed E-state index contributed by atoms with van der Waals surface area (Å²) in [5.74, 6) is 0.0556. The maximum Gasteiger partial charge on any atom is 0.291 e. The van der Waals surface area contributed by atoms with Gasteiger partial charge in [-0.1, -0.05) is 0 Å². The molecule has 0 saturated heterocycles. The zero-order valence-electron chi connectivity index (χ0n) is 21.5. The molecule has 4 aromatic heterocycles. The number of furan rings is 1. The molecule has 1 aromatic carbocycles. The molecule has 10 nitrogen and oxygen atoms in total. The highest BCUT2D eigenvalue weighted by Crippen LogP contribution is 2.43. The molecule has 13 heteroatoms. The van der Waals surface area contributed by atoms with Gasteiger partial charge in [0.25, 0.3) is 18.2 Å². The average Bonchev–Trinajstić information content (AvgIpc) is 3.65. The highest BCUT2D eigenvalue weighted by Gasteiger charge is 2.27. The van der Waals surface area contributed by atoms with Gasteiger partial charge in [-0.3, -0.25) is 14.3 Å². The summed E-state index contributed by atoms with van der Waals surface area (Å²) in [5, 5.41) is 7.18. The van der Waals surface area contributed by atoms with E-state index in [1.54, 1.807) is 56.1 Å². The van der Waals surface area contributed by atoms with Crippen LogP contribution in [0, 0.1) is 6.92 Å². The van der Waals surface area contributed by atoms with Gasteiger partial charge in [0.2, 0.25) is 0 Å². The van der Waals surface area contributed by atoms with Gasteiger partial charge < -0.3 is 24.9 Å². The minimum absolute atomic E-state index is 0.0420. The predicted molar refractivity (Wildman–Crippen MR) is 144 cm³/mol. The number of ether oxygens (including phenoxy) is 2. The Morgan fingerprint density at radius 3 is 2.50 bits per heavy atom. The number of nitrogens with zero attached hydrogens (tertiary/aromatic N) is 3. The normalized spacial score (nSPS) is 11.2. The number of methoxy groups -OCH3 is 1. The zero-order valence-corrected chi connectivity index (χ0v) is 22.3. The number of thiophene rings is 1. The Hall–Kier alpha value is -4.78. The molecule has 0 unspecified atom stereocenters. The quantitative estimate of drug-likeness (QED) is 0.241. The number of aryl methyl sites for hydroxylation is 1. The Bertz CT molecular complexity index is 1730. The number of alkyl halides is 2. The number of aromatic nitrogens is 3. The van der Waals surface area contributed by atoms with Crippen LogP contribution in [0.1, 0.15) is 43.8 Å². The van der Waals surface area contributed by atoms with Crippen molar-refractivity contribution in [3.05, 3.63) is 76.4 Å². The third-order valence-electron chi connectivity index (χ3n) is 6.22. The minimum Gasteiger partial charge on any atom is -0.497 e. The number of benzene rings is 1. The molecule has 0 aliphatic heterocycles. The summed E-state index contributed by atoms with van der Waals surface area (Å²) in [4.78, 5) is 29.7. The lowest BCUT2D eigenvalue weighted by atomic mass is 10.0. The Morgan fingerprint density at radius 2 is 1.88 bits per heavy atom. The lowest BCUT2D eigenvalue weighted by molar-refractivity contribution is 0.0992. The number of hydrogen-bond donors (Lipinski definition) is 2. The van der Waals surface area contributed by atoms with Crippen LogP contribution in [-0.4, -0.2) is 33.7 Å². The molecule has 0 saturated carbocycles. The minimum atomic E-state index is -2.86. The van der Waals surface area contributed by atoms with Gasteiger partial charge in [0, 0.05) is 23.7 Å². The number of nitrogens with two attached hydrogens (primary N) is 1. The van der Waals surface area contributed by atoms with Crippen molar-refractivity contribution in [1.29, 1.82) is 0 Å². The summed E-state index contributed by atoms with van der Waals surface area (Å²) in [7, 11) is 3.28. The molecule has 0 aliphatic carbocycles. The summed E-state index contributed by atoms with van der Waals surface area (Å²) >= 11 is 0.815. The summed E-state index contributed by atoms with van der Waals surface area (Å²) in [6.45, 7) is 1.83. The smallest absolute Gasteiger partial charge is 0.291 e. The fraction of sp³-hybridized carbons (Fsp3) is 0.185. The van der Waals surface area contributed by atoms with Crippen LogP contribution in [0.25, 0.3) is 21.3 Å². The molecule has 0 aliphatic rings. The van der Waals surface area contributed by atoms with E-state index in [1.165, 1.54) is 18.3 Å². The topological polar surface area (TPSA) is 134 Å². The number of hydrogen-bond acceptors (Lipinski definition) is 8. The number of anilines is 1. The largest absolute Gasteiger partial charge is 0.497 e. The van der Waals surface area contributed by atoms with Gasteiger partial charge in [-0.15, -0.1) is 11.3 Å². The van der Waals surface area contributed by atoms with E-state index in [9.17, 15) is 18.4 Å². The van der Waals surface area contributed by atoms with Gasteiger partial charge in [0.15, 0.2) is 5.76 Å². The Labute approximate surface area is 230 Å². The molecule has 0 radical (unpaired) electrons. The number of fused-ring (bicyclic) bond motifs is 1. The number of rotatable bonds is 9. The maximum atomic E-state index is 13.7. The number of carbonyl (C=O) groups is 2. The van der Waals surface area contributed by atoms with Crippen LogP contribution in [-0.2, 0) is 13.7 Å². The van der Waals surface area contributed by atoms with E-state index in [-0.39, 0.29) is 27.8 Å². The van der Waals surface area contributed by atoms with Crippen LogP contribution in [0.4, 0.5) is 14.5 Å². The molecule has 3 N–H and O–H groups in total. The molecule has 0 bridgehead atoms. The lowest BCUT2D eigenvalue weighted by Gasteiger charge is -2.10. The molecule has 5 aromatic rings. The summed E-state index contributed by atoms with van der Waals surface area (Å²) in [6, 6.07) is 11.2. The van der Waals surface area contributed by atoms with Crippen molar-refractivity contribution >= 4 is 39.1 Å². The fourth-order valence-corrected chi connectivity index (χ4v) is 5.09. The number of halogens is 2. The Kier molecular flexibility index (Phi) is 7.22. The standard InChI is InChI=1S/C27H23F2N5O5S/c1-13-18(11-31-34(13)2)17-10-19(24(28)29)32-27-21(17)22(23(40-27)25(30)35)33-26(36)20-9-8-16(39-20)12-38-15-6-4-14(37-3)5-7-15/h4-11,24H,12H2,1-3H3,(H2,30,35)(H,33,36). The molecule has 0 spiro atoms. The fourth-order valence-electron chi connectivity index (χ4n) is 4.08. The number of nitrogens with one attached hydrogen (secondary N) is 1.